The van der Waals surface area contributed by atoms with Crippen molar-refractivity contribution in [2.24, 2.45) is 0 Å². The highest BCUT2D eigenvalue weighted by atomic mass is 35.5. The molecule has 3 aromatic heterocycles. The normalized spacial score (nSPS) is 19.5. The molecule has 12 nitrogen and oxygen atoms in total. The number of aryl methyl sites for hydroxylation is 1. The second kappa shape index (κ2) is 12.8. The molecule has 4 N–H and O–H groups in total. The van der Waals surface area contributed by atoms with E-state index in [0.29, 0.717) is 22.8 Å². The molecule has 14 heteroatoms. The van der Waals surface area contributed by atoms with Crippen LogP contribution >= 0.6 is 11.6 Å². The van der Waals surface area contributed by atoms with Crippen molar-refractivity contribution < 1.29 is 18.8 Å². The van der Waals surface area contributed by atoms with Gasteiger partial charge in [-0.05, 0) is 63.7 Å². The van der Waals surface area contributed by atoms with Gasteiger partial charge in [-0.1, -0.05) is 32.4 Å². The molecular weight excluding hydrogens is 624 g/mol. The van der Waals surface area contributed by atoms with Gasteiger partial charge in [0.15, 0.2) is 14.1 Å². The van der Waals surface area contributed by atoms with E-state index in [-0.39, 0.29) is 63.7 Å². The molecule has 0 radical (unpaired) electrons. The van der Waals surface area contributed by atoms with Gasteiger partial charge >= 0.3 is 0 Å². The minimum absolute atomic E-state index is 0.0356. The fourth-order valence-electron chi connectivity index (χ4n) is 5.72. The predicted octanol–water partition coefficient (Wildman–Crippen LogP) is 5.61. The topological polar surface area (TPSA) is 161 Å². The first-order valence-corrected chi connectivity index (χ1v) is 18.8. The zero-order chi connectivity index (χ0) is 33.6. The third-order valence-corrected chi connectivity index (χ3v) is 14.1. The molecule has 1 fully saturated rings. The SMILES string of the molecule is COc1c(C)cnc(CN2C(=O)C(=Cc3nc(C(=O)NC4CCC(O[Si](C)(C)C(C)(C)C)CC4)c[nH]3)c3c(Cl)nc(N)nc32)c1C. The number of nitrogens with zero attached hydrogens (tertiary/aromatic N) is 5. The highest BCUT2D eigenvalue weighted by Crippen LogP contribution is 2.42. The molecule has 46 heavy (non-hydrogen) atoms. The number of nitrogen functional groups attached to an aromatic ring is 1. The number of pyridine rings is 1. The molecule has 1 saturated carbocycles. The van der Waals surface area contributed by atoms with Crippen molar-refractivity contribution in [1.29, 1.82) is 0 Å². The lowest BCUT2D eigenvalue weighted by Crippen LogP contribution is -2.46. The third-order valence-electron chi connectivity index (χ3n) is 9.31. The summed E-state index contributed by atoms with van der Waals surface area (Å²) >= 11 is 6.51. The number of aromatic nitrogens is 5. The van der Waals surface area contributed by atoms with Crippen LogP contribution in [0.15, 0.2) is 12.4 Å². The summed E-state index contributed by atoms with van der Waals surface area (Å²) in [5.41, 5.74) is 9.02. The van der Waals surface area contributed by atoms with Crippen molar-refractivity contribution in [1.82, 2.24) is 30.2 Å². The van der Waals surface area contributed by atoms with Crippen LogP contribution in [0.1, 0.15) is 85.2 Å². The van der Waals surface area contributed by atoms with Gasteiger partial charge in [-0.2, -0.15) is 4.98 Å². The number of anilines is 2. The number of halogens is 1. The summed E-state index contributed by atoms with van der Waals surface area (Å²) in [4.78, 5) is 48.9. The molecule has 0 bridgehead atoms. The Balaban J connectivity index is 1.31. The summed E-state index contributed by atoms with van der Waals surface area (Å²) in [5.74, 6) is 0.558. The quantitative estimate of drug-likeness (QED) is 0.158. The maximum atomic E-state index is 13.8. The van der Waals surface area contributed by atoms with Gasteiger partial charge in [-0.25, -0.2) is 9.97 Å². The molecule has 0 aromatic carbocycles. The fraction of sp³-hybridized carbons (Fsp3) is 0.500. The number of rotatable bonds is 8. The maximum absolute atomic E-state index is 13.8. The van der Waals surface area contributed by atoms with Crippen molar-refractivity contribution in [3.8, 4) is 5.75 Å². The summed E-state index contributed by atoms with van der Waals surface area (Å²) < 4.78 is 12.1. The number of nitrogens with one attached hydrogen (secondary N) is 2. The summed E-state index contributed by atoms with van der Waals surface area (Å²) in [5, 5.41) is 3.31. The Hall–Kier alpha value is -3.81. The van der Waals surface area contributed by atoms with Crippen LogP contribution in [0.3, 0.4) is 0 Å². The second-order valence-electron chi connectivity index (χ2n) is 13.6. The Labute approximate surface area is 275 Å². The number of nitrogens with two attached hydrogens (primary N) is 1. The van der Waals surface area contributed by atoms with Gasteiger partial charge < -0.3 is 25.2 Å². The third kappa shape index (κ3) is 6.67. The number of methoxy groups -OCH3 is 1. The average molecular weight is 667 g/mol. The number of imidazole rings is 1. The summed E-state index contributed by atoms with van der Waals surface area (Å²) in [6.45, 7) is 15.2. The smallest absolute Gasteiger partial charge is 0.271 e. The van der Waals surface area contributed by atoms with Gasteiger partial charge in [0.05, 0.1) is 30.5 Å². The van der Waals surface area contributed by atoms with Crippen molar-refractivity contribution in [2.75, 3.05) is 17.7 Å². The van der Waals surface area contributed by atoms with E-state index in [9.17, 15) is 9.59 Å². The molecular formula is C32H43ClN8O4Si. The van der Waals surface area contributed by atoms with Gasteiger partial charge in [0.2, 0.25) is 5.95 Å². The minimum atomic E-state index is -1.84. The molecule has 5 rings (SSSR count). The first kappa shape index (κ1) is 33.5. The van der Waals surface area contributed by atoms with Crippen LogP contribution in [0, 0.1) is 13.8 Å². The van der Waals surface area contributed by atoms with E-state index in [2.05, 4.69) is 64.1 Å². The molecule has 4 heterocycles. The Bertz CT molecular complexity index is 1690. The van der Waals surface area contributed by atoms with Crippen LogP contribution in [0.25, 0.3) is 11.6 Å². The van der Waals surface area contributed by atoms with E-state index >= 15 is 0 Å². The largest absolute Gasteiger partial charge is 0.496 e. The van der Waals surface area contributed by atoms with Crippen LogP contribution < -0.4 is 20.7 Å². The van der Waals surface area contributed by atoms with E-state index in [1.807, 2.05) is 13.8 Å². The van der Waals surface area contributed by atoms with E-state index in [1.54, 1.807) is 19.4 Å². The van der Waals surface area contributed by atoms with Crippen LogP contribution in [0.4, 0.5) is 11.8 Å². The molecule has 2 aliphatic rings. The number of carbonyl (C=O) groups excluding carboxylic acids is 2. The number of hydrogen-bond acceptors (Lipinski definition) is 9. The molecule has 3 aromatic rings. The number of ether oxygens (including phenoxy) is 1. The maximum Gasteiger partial charge on any atom is 0.271 e. The standard InChI is InChI=1S/C32H43ClN8O4Si/c1-17-14-35-23(18(2)26(17)44-6)16-41-28-25(27(33)39-31(34)40-28)21(30(41)43)13-24-36-15-22(38-24)29(42)37-19-9-11-20(12-10-19)45-46(7,8)32(3,4)5/h13-15,19-20H,9-12,16H2,1-8H3,(H,36,38)(H,37,42)(H2,34,39,40). The predicted molar refractivity (Wildman–Crippen MR) is 181 cm³/mol. The molecule has 246 valence electrons. The zero-order valence-electron chi connectivity index (χ0n) is 27.7. The lowest BCUT2D eigenvalue weighted by atomic mass is 9.93. The van der Waals surface area contributed by atoms with Gasteiger partial charge in [0.1, 0.15) is 22.4 Å². The number of carbonyl (C=O) groups is 2. The Morgan fingerprint density at radius 1 is 1.20 bits per heavy atom. The van der Waals surface area contributed by atoms with Crippen LogP contribution in [0.2, 0.25) is 23.3 Å². The number of amides is 2. The zero-order valence-corrected chi connectivity index (χ0v) is 29.5. The molecule has 0 unspecified atom stereocenters. The second-order valence-corrected chi connectivity index (χ2v) is 18.7. The van der Waals surface area contributed by atoms with Crippen molar-refractivity contribution >= 4 is 55.1 Å². The Kier molecular flexibility index (Phi) is 9.31. The van der Waals surface area contributed by atoms with Gasteiger partial charge in [-0.3, -0.25) is 19.5 Å². The van der Waals surface area contributed by atoms with Gasteiger partial charge in [-0.15, -0.1) is 0 Å². The Morgan fingerprint density at radius 3 is 2.54 bits per heavy atom. The van der Waals surface area contributed by atoms with Gasteiger partial charge in [0.25, 0.3) is 11.8 Å². The highest BCUT2D eigenvalue weighted by molar-refractivity contribution is 6.74. The van der Waals surface area contributed by atoms with Crippen molar-refractivity contribution in [2.45, 2.75) is 97.1 Å². The van der Waals surface area contributed by atoms with Gasteiger partial charge in [0, 0.05) is 35.7 Å². The van der Waals surface area contributed by atoms with Crippen LogP contribution in [-0.2, 0) is 15.8 Å². The summed E-state index contributed by atoms with van der Waals surface area (Å²) in [6, 6.07) is 0.0426. The highest BCUT2D eigenvalue weighted by Gasteiger charge is 2.40. The first-order valence-electron chi connectivity index (χ1n) is 15.5. The van der Waals surface area contributed by atoms with Crippen molar-refractivity contribution in [3.05, 3.63) is 51.4 Å². The summed E-state index contributed by atoms with van der Waals surface area (Å²) in [6.07, 6.45) is 8.50. The van der Waals surface area contributed by atoms with Crippen LogP contribution in [0.5, 0.6) is 5.75 Å². The van der Waals surface area contributed by atoms with E-state index in [0.717, 1.165) is 36.8 Å². The van der Waals surface area contributed by atoms with Crippen molar-refractivity contribution in [3.63, 3.8) is 0 Å². The molecule has 1 aliphatic heterocycles. The molecule has 1 aliphatic carbocycles. The lowest BCUT2D eigenvalue weighted by molar-refractivity contribution is -0.113. The fourth-order valence-corrected chi connectivity index (χ4v) is 7.41. The summed E-state index contributed by atoms with van der Waals surface area (Å²) in [7, 11) is -0.247. The Morgan fingerprint density at radius 2 is 1.89 bits per heavy atom. The van der Waals surface area contributed by atoms with Crippen LogP contribution in [-0.4, -0.2) is 64.3 Å². The molecule has 0 spiro atoms. The van der Waals surface area contributed by atoms with E-state index in [1.165, 1.54) is 11.1 Å². The van der Waals surface area contributed by atoms with E-state index in [4.69, 9.17) is 26.5 Å². The number of hydrogen-bond donors (Lipinski definition) is 3. The molecule has 0 atom stereocenters. The lowest BCUT2D eigenvalue weighted by Gasteiger charge is -2.41. The monoisotopic (exact) mass is 666 g/mol. The molecule has 0 saturated heterocycles. The molecule has 2 amide bonds. The average Bonchev–Trinajstić information content (AvgIpc) is 3.54. The first-order chi connectivity index (χ1) is 21.6. The number of fused-ring (bicyclic) bond motifs is 1. The van der Waals surface area contributed by atoms with E-state index < -0.39 is 8.32 Å². The number of H-pyrrole nitrogens is 1. The minimum Gasteiger partial charge on any atom is -0.496 e. The number of aromatic amines is 1.